The fourth-order valence-electron chi connectivity index (χ4n) is 5.65. The lowest BCUT2D eigenvalue weighted by Crippen LogP contribution is -2.57. The molecule has 0 radical (unpaired) electrons. The normalized spacial score (nSPS) is 22.3. The number of hydrogen-bond donors (Lipinski definition) is 3. The molecule has 0 unspecified atom stereocenters. The number of anilines is 1. The number of carboxylic acids is 1. The largest absolute Gasteiger partial charge is 0.478 e. The Bertz CT molecular complexity index is 1540. The highest BCUT2D eigenvalue weighted by atomic mass is 35.5. The van der Waals surface area contributed by atoms with Crippen molar-refractivity contribution in [2.24, 2.45) is 0 Å². The first-order valence-corrected chi connectivity index (χ1v) is 13.4. The Balaban J connectivity index is 1.82. The Morgan fingerprint density at radius 3 is 2.28 bits per heavy atom. The minimum absolute atomic E-state index is 0.0875. The number of carboxylic acid groups (broad SMARTS) is 1. The van der Waals surface area contributed by atoms with Crippen LogP contribution in [0.25, 0.3) is 0 Å². The molecule has 202 valence electrons. The number of rotatable bonds is 5. The number of hydrogen-bond acceptors (Lipinski definition) is 4. The predicted molar refractivity (Wildman–Crippen MR) is 150 cm³/mol. The molecule has 0 bridgehead atoms. The summed E-state index contributed by atoms with van der Waals surface area (Å²) >= 11 is 19.1. The van der Waals surface area contributed by atoms with E-state index in [9.17, 15) is 19.5 Å². The maximum Gasteiger partial charge on any atom is 0.347 e. The summed E-state index contributed by atoms with van der Waals surface area (Å²) in [5.74, 6) is -2.41. The molecule has 0 aromatic heterocycles. The Hall–Kier alpha value is -3.26. The topological polar surface area (TPSA) is 105 Å². The third kappa shape index (κ3) is 4.52. The predicted octanol–water partition coefficient (Wildman–Crippen LogP) is 6.43. The first kappa shape index (κ1) is 27.3. The van der Waals surface area contributed by atoms with Crippen LogP contribution in [0.5, 0.6) is 5.75 Å². The minimum Gasteiger partial charge on any atom is -0.478 e. The van der Waals surface area contributed by atoms with Gasteiger partial charge in [0.1, 0.15) is 11.2 Å². The van der Waals surface area contributed by atoms with E-state index in [0.29, 0.717) is 37.4 Å². The molecule has 2 heterocycles. The van der Waals surface area contributed by atoms with Crippen molar-refractivity contribution >= 4 is 58.3 Å². The molecule has 2 aliphatic rings. The van der Waals surface area contributed by atoms with Crippen molar-refractivity contribution in [1.29, 1.82) is 0 Å². The van der Waals surface area contributed by atoms with Gasteiger partial charge in [-0.3, -0.25) is 9.59 Å². The van der Waals surface area contributed by atoms with E-state index in [0.717, 1.165) is 5.56 Å². The lowest BCUT2D eigenvalue weighted by molar-refractivity contribution is -0.152. The van der Waals surface area contributed by atoms with E-state index < -0.39 is 28.9 Å². The second-order valence-corrected chi connectivity index (χ2v) is 11.7. The van der Waals surface area contributed by atoms with Crippen LogP contribution in [0.2, 0.25) is 15.1 Å². The Labute approximate surface area is 240 Å². The van der Waals surface area contributed by atoms with Crippen molar-refractivity contribution in [2.45, 2.75) is 50.2 Å². The average molecular weight is 588 g/mol. The summed E-state index contributed by atoms with van der Waals surface area (Å²) in [6.07, 6.45) is -0.0875. The van der Waals surface area contributed by atoms with Gasteiger partial charge in [-0.1, -0.05) is 46.9 Å². The number of amides is 2. The summed E-state index contributed by atoms with van der Waals surface area (Å²) in [5.41, 5.74) is 0.124. The number of nitrogens with one attached hydrogen (secondary N) is 2. The van der Waals surface area contributed by atoms with Gasteiger partial charge in [0.15, 0.2) is 5.60 Å². The number of carbonyl (C=O) groups excluding carboxylic acids is 2. The number of aryl methyl sites for hydroxylation is 1. The molecule has 0 saturated carbocycles. The highest BCUT2D eigenvalue weighted by Gasteiger charge is 2.62. The fraction of sp³-hybridized carbons (Fsp3) is 0.276. The number of ether oxygens (including phenoxy) is 1. The molecule has 1 fully saturated rings. The van der Waals surface area contributed by atoms with Crippen LogP contribution in [0, 0.1) is 6.92 Å². The van der Waals surface area contributed by atoms with Crippen molar-refractivity contribution in [1.82, 2.24) is 5.32 Å². The standard InChI is InChI=1S/C29H25Cl3N2O5/c1-14-4-5-15(30)10-18(14)25-29(20-8-6-17(32)12-22(20)33-26(29)36)21(13-24(35)34-25)19-11-16(31)7-9-23(19)39-28(2,3)27(37)38/h4-12,21,25H,13H2,1-3H3,(H,33,36)(H,34,35)(H,37,38)/t21-,25+,29-/m1/s1. The van der Waals surface area contributed by atoms with Gasteiger partial charge in [-0.25, -0.2) is 4.79 Å². The van der Waals surface area contributed by atoms with Crippen molar-refractivity contribution in [3.05, 3.63) is 91.9 Å². The van der Waals surface area contributed by atoms with E-state index in [1.165, 1.54) is 13.8 Å². The van der Waals surface area contributed by atoms with Crippen LogP contribution in [-0.4, -0.2) is 28.5 Å². The summed E-state index contributed by atoms with van der Waals surface area (Å²) in [5, 5.41) is 17.0. The maximum absolute atomic E-state index is 14.3. The summed E-state index contributed by atoms with van der Waals surface area (Å²) in [7, 11) is 0. The van der Waals surface area contributed by atoms with E-state index in [2.05, 4.69) is 10.6 Å². The quantitative estimate of drug-likeness (QED) is 0.319. The molecule has 3 aromatic rings. The number of halogens is 3. The summed E-state index contributed by atoms with van der Waals surface area (Å²) in [6, 6.07) is 14.4. The molecular weight excluding hydrogens is 563 g/mol. The van der Waals surface area contributed by atoms with E-state index in [-0.39, 0.29) is 24.0 Å². The second kappa shape index (κ2) is 9.73. The highest BCUT2D eigenvalue weighted by Crippen LogP contribution is 2.59. The van der Waals surface area contributed by atoms with Gasteiger partial charge in [0.2, 0.25) is 11.8 Å². The van der Waals surface area contributed by atoms with Crippen LogP contribution in [0.1, 0.15) is 54.5 Å². The van der Waals surface area contributed by atoms with Crippen LogP contribution in [0.3, 0.4) is 0 Å². The van der Waals surface area contributed by atoms with Crippen LogP contribution in [-0.2, 0) is 19.8 Å². The molecule has 1 spiro atoms. The van der Waals surface area contributed by atoms with Crippen LogP contribution in [0.15, 0.2) is 54.6 Å². The van der Waals surface area contributed by atoms with Crippen molar-refractivity contribution in [2.75, 3.05) is 5.32 Å². The van der Waals surface area contributed by atoms with Gasteiger partial charge in [0.25, 0.3) is 0 Å². The molecule has 5 rings (SSSR count). The van der Waals surface area contributed by atoms with Crippen LogP contribution in [0.4, 0.5) is 5.69 Å². The highest BCUT2D eigenvalue weighted by molar-refractivity contribution is 6.31. The van der Waals surface area contributed by atoms with Gasteiger partial charge in [-0.2, -0.15) is 0 Å². The number of carbonyl (C=O) groups is 3. The summed E-state index contributed by atoms with van der Waals surface area (Å²) in [6.45, 7) is 4.73. The second-order valence-electron chi connectivity index (χ2n) is 10.4. The van der Waals surface area contributed by atoms with Crippen LogP contribution < -0.4 is 15.4 Å². The molecular formula is C29H25Cl3N2O5. The van der Waals surface area contributed by atoms with Gasteiger partial charge in [-0.15, -0.1) is 0 Å². The van der Waals surface area contributed by atoms with Crippen molar-refractivity contribution in [3.63, 3.8) is 0 Å². The zero-order chi connectivity index (χ0) is 28.3. The molecule has 10 heteroatoms. The lowest BCUT2D eigenvalue weighted by Gasteiger charge is -2.47. The smallest absolute Gasteiger partial charge is 0.347 e. The summed E-state index contributed by atoms with van der Waals surface area (Å²) < 4.78 is 6.00. The van der Waals surface area contributed by atoms with Gasteiger partial charge in [0.05, 0.1) is 6.04 Å². The van der Waals surface area contributed by atoms with E-state index in [1.807, 2.05) is 13.0 Å². The van der Waals surface area contributed by atoms with Gasteiger partial charge < -0.3 is 20.5 Å². The number of fused-ring (bicyclic) bond motifs is 2. The Morgan fingerprint density at radius 2 is 1.59 bits per heavy atom. The number of aliphatic carboxylic acids is 1. The van der Waals surface area contributed by atoms with Crippen molar-refractivity contribution in [3.8, 4) is 5.75 Å². The number of benzene rings is 3. The third-order valence-corrected chi connectivity index (χ3v) is 8.24. The molecule has 2 amide bonds. The van der Waals surface area contributed by atoms with E-state index >= 15 is 0 Å². The fourth-order valence-corrected chi connectivity index (χ4v) is 6.18. The molecule has 3 N–H and O–H groups in total. The monoisotopic (exact) mass is 586 g/mol. The molecule has 2 aliphatic heterocycles. The molecule has 0 aliphatic carbocycles. The SMILES string of the molecule is Cc1ccc(Cl)cc1[C@@H]1NC(=O)C[C@H](c2cc(Cl)ccc2OC(C)(C)C(=O)O)[C@@]12C(=O)Nc1cc(Cl)ccc12. The molecule has 1 saturated heterocycles. The van der Waals surface area contributed by atoms with E-state index in [1.54, 1.807) is 48.5 Å². The third-order valence-electron chi connectivity index (χ3n) is 7.53. The molecule has 3 aromatic carbocycles. The zero-order valence-electron chi connectivity index (χ0n) is 21.3. The van der Waals surface area contributed by atoms with Gasteiger partial charge >= 0.3 is 5.97 Å². The van der Waals surface area contributed by atoms with E-state index in [4.69, 9.17) is 39.5 Å². The van der Waals surface area contributed by atoms with Crippen molar-refractivity contribution < 1.29 is 24.2 Å². The zero-order valence-corrected chi connectivity index (χ0v) is 23.5. The Kier molecular flexibility index (Phi) is 6.82. The lowest BCUT2D eigenvalue weighted by atomic mass is 9.59. The van der Waals surface area contributed by atoms with Gasteiger partial charge in [-0.05, 0) is 79.9 Å². The first-order chi connectivity index (χ1) is 18.3. The maximum atomic E-state index is 14.3. The molecule has 3 atom stereocenters. The first-order valence-electron chi connectivity index (χ1n) is 12.2. The Morgan fingerprint density at radius 1 is 0.974 bits per heavy atom. The van der Waals surface area contributed by atoms with Crippen LogP contribution >= 0.6 is 34.8 Å². The summed E-state index contributed by atoms with van der Waals surface area (Å²) in [4.78, 5) is 39.6. The average Bonchev–Trinajstić information content (AvgIpc) is 3.14. The minimum atomic E-state index is -1.60. The number of piperidine rings is 1. The molecule has 39 heavy (non-hydrogen) atoms. The molecule has 7 nitrogen and oxygen atoms in total. The van der Waals surface area contributed by atoms with Gasteiger partial charge in [0, 0.05) is 38.7 Å².